The molecule has 13 nitrogen and oxygen atoms in total. The molecule has 4 aliphatic carbocycles. The molecule has 1 amide bonds. The molecule has 0 atom stereocenters. The Morgan fingerprint density at radius 2 is 1.10 bits per heavy atom. The normalized spacial score (nSPS) is 18.2. The second kappa shape index (κ2) is 18.9. The van der Waals surface area contributed by atoms with Crippen LogP contribution in [0.25, 0.3) is 0 Å². The number of halogens is 2. The van der Waals surface area contributed by atoms with Crippen molar-refractivity contribution in [2.24, 2.45) is 5.14 Å². The Hall–Kier alpha value is -5.00. The Morgan fingerprint density at radius 1 is 0.672 bits per heavy atom. The number of aromatic nitrogens is 2. The molecule has 4 aliphatic rings. The third kappa shape index (κ3) is 11.9. The van der Waals surface area contributed by atoms with Crippen LogP contribution in [0.5, 0.6) is 11.5 Å². The van der Waals surface area contributed by atoms with Gasteiger partial charge in [-0.1, -0.05) is 74.9 Å². The van der Waals surface area contributed by atoms with Crippen molar-refractivity contribution in [3.05, 3.63) is 107 Å². The number of hydrogen-bond acceptors (Lipinski definition) is 10. The molecule has 8 rings (SSSR count). The number of aryl methyl sites for hydroxylation is 2. The summed E-state index contributed by atoms with van der Waals surface area (Å²) in [5.41, 5.74) is 2.25. The zero-order valence-electron chi connectivity index (χ0n) is 34.2. The number of benzene rings is 2. The van der Waals surface area contributed by atoms with Crippen LogP contribution >= 0.6 is 0 Å². The highest BCUT2D eigenvalue weighted by atomic mass is 32.2. The Balaban J connectivity index is 0.000000172. The molecule has 328 valence electrons. The number of rotatable bonds is 11. The van der Waals surface area contributed by atoms with Crippen LogP contribution < -0.4 is 19.3 Å². The first-order valence-corrected chi connectivity index (χ1v) is 23.6. The van der Waals surface area contributed by atoms with Gasteiger partial charge in [-0.15, -0.1) is 0 Å². The number of amides is 1. The van der Waals surface area contributed by atoms with Crippen molar-refractivity contribution in [2.75, 3.05) is 0 Å². The van der Waals surface area contributed by atoms with Gasteiger partial charge in [-0.2, -0.15) is 17.2 Å². The van der Waals surface area contributed by atoms with E-state index in [-0.39, 0.29) is 0 Å². The van der Waals surface area contributed by atoms with E-state index >= 15 is 0 Å². The van der Waals surface area contributed by atoms with E-state index in [2.05, 4.69) is 33.3 Å². The number of carboxylic acids is 1. The third-order valence-corrected chi connectivity index (χ3v) is 13.5. The standard InChI is InChI=1S/C22H25FN2O4S.C17H22O3.C5H5FN2O2S/c1-15-10-11-17(16-6-3-2-4-7-16)18(14-15)29-22(12-13-22)21(26)25-30(27,28)20-9-5-8-19(23)24-20;1-12-7-8-14(13-5-3-2-4-6-13)15(11-12)20-17(9-10-17)16(18)19;6-4-2-1-3-5(8-4)11(7,9)10/h5,8-11,14,16H,2-4,6-7,12-13H2,1H3,(H,25,26);7-8,11,13H,2-6,9-10H2,1H3,(H,18,19);1-3H,(H2,7,9,10). The molecule has 4 saturated carbocycles. The van der Waals surface area contributed by atoms with Gasteiger partial charge in [0.2, 0.25) is 17.5 Å². The molecule has 0 spiro atoms. The minimum Gasteiger partial charge on any atom is -0.478 e. The van der Waals surface area contributed by atoms with Gasteiger partial charge < -0.3 is 14.6 Å². The molecule has 0 bridgehead atoms. The summed E-state index contributed by atoms with van der Waals surface area (Å²) in [4.78, 5) is 30.6. The molecule has 2 aromatic heterocycles. The highest BCUT2D eigenvalue weighted by Crippen LogP contribution is 2.46. The molecule has 17 heteroatoms. The summed E-state index contributed by atoms with van der Waals surface area (Å²) in [7, 11) is -8.16. The molecule has 0 radical (unpaired) electrons. The van der Waals surface area contributed by atoms with Crippen LogP contribution in [0.15, 0.2) is 82.8 Å². The maximum atomic E-state index is 13.3. The Labute approximate surface area is 355 Å². The summed E-state index contributed by atoms with van der Waals surface area (Å²) in [5, 5.41) is 13.0. The summed E-state index contributed by atoms with van der Waals surface area (Å²) < 4.78 is 85.7. The quantitative estimate of drug-likeness (QED) is 0.124. The summed E-state index contributed by atoms with van der Waals surface area (Å²) in [6.07, 6.45) is 14.1. The predicted molar refractivity (Wildman–Crippen MR) is 222 cm³/mol. The summed E-state index contributed by atoms with van der Waals surface area (Å²) in [6, 6.07) is 19.1. The van der Waals surface area contributed by atoms with Crippen molar-refractivity contribution < 1.29 is 49.8 Å². The van der Waals surface area contributed by atoms with Gasteiger partial charge >= 0.3 is 5.97 Å². The topological polar surface area (TPSA) is 205 Å². The average Bonchev–Trinajstić information content (AvgIpc) is 4.17. The maximum absolute atomic E-state index is 13.3. The zero-order valence-corrected chi connectivity index (χ0v) is 35.9. The average molecular weight is 883 g/mol. The van der Waals surface area contributed by atoms with Gasteiger partial charge in [0.15, 0.2) is 15.7 Å². The predicted octanol–water partition coefficient (Wildman–Crippen LogP) is 7.90. The lowest BCUT2D eigenvalue weighted by atomic mass is 9.83. The third-order valence-electron chi connectivity index (χ3n) is 11.4. The van der Waals surface area contributed by atoms with Crippen molar-refractivity contribution in [1.82, 2.24) is 14.7 Å². The van der Waals surface area contributed by atoms with Crippen LogP contribution in [0, 0.1) is 25.7 Å². The van der Waals surface area contributed by atoms with E-state index < -0.39 is 65.1 Å². The lowest BCUT2D eigenvalue weighted by molar-refractivity contribution is -0.147. The number of hydrogen-bond donors (Lipinski definition) is 3. The molecule has 61 heavy (non-hydrogen) atoms. The maximum Gasteiger partial charge on any atom is 0.348 e. The molecule has 0 aliphatic heterocycles. The first-order valence-electron chi connectivity index (χ1n) is 20.6. The van der Waals surface area contributed by atoms with E-state index in [1.54, 1.807) is 0 Å². The van der Waals surface area contributed by atoms with Gasteiger partial charge in [0.05, 0.1) is 0 Å². The molecule has 4 aromatic rings. The second-order valence-electron chi connectivity index (χ2n) is 16.3. The molecule has 0 saturated heterocycles. The van der Waals surface area contributed by atoms with Crippen LogP contribution in [0.1, 0.15) is 124 Å². The van der Waals surface area contributed by atoms with E-state index in [0.29, 0.717) is 43.3 Å². The fourth-order valence-corrected chi connectivity index (χ4v) is 9.18. The molecular formula is C44H52F2N4O9S2. The number of primary sulfonamides is 1. The Morgan fingerprint density at radius 3 is 1.49 bits per heavy atom. The second-order valence-corrected chi connectivity index (χ2v) is 19.5. The fourth-order valence-electron chi connectivity index (χ4n) is 7.70. The number of carboxylic acid groups (broad SMARTS) is 1. The number of ether oxygens (including phenoxy) is 2. The number of sulfonamides is 2. The Bertz CT molecular complexity index is 2450. The summed E-state index contributed by atoms with van der Waals surface area (Å²) in [5.74, 6) is -1.00. The van der Waals surface area contributed by atoms with Gasteiger partial charge in [-0.05, 0) is 110 Å². The minimum absolute atomic E-state index is 0.383. The first kappa shape index (κ1) is 45.5. The summed E-state index contributed by atoms with van der Waals surface area (Å²) in [6.45, 7) is 3.98. The molecule has 4 N–H and O–H groups in total. The lowest BCUT2D eigenvalue weighted by Gasteiger charge is -2.26. The van der Waals surface area contributed by atoms with E-state index in [1.807, 2.05) is 36.8 Å². The largest absolute Gasteiger partial charge is 0.478 e. The van der Waals surface area contributed by atoms with Crippen molar-refractivity contribution >= 4 is 31.9 Å². The molecule has 0 unspecified atom stereocenters. The lowest BCUT2D eigenvalue weighted by Crippen LogP contribution is -2.43. The van der Waals surface area contributed by atoms with Gasteiger partial charge in [-0.25, -0.2) is 33.0 Å². The monoisotopic (exact) mass is 882 g/mol. The number of carbonyl (C=O) groups is 2. The van der Waals surface area contributed by atoms with Crippen molar-refractivity contribution in [2.45, 2.75) is 137 Å². The number of nitrogens with one attached hydrogen (secondary N) is 1. The van der Waals surface area contributed by atoms with E-state index in [4.69, 9.17) is 9.47 Å². The van der Waals surface area contributed by atoms with Crippen LogP contribution in [-0.2, 0) is 29.6 Å². The fraction of sp³-hybridized carbons (Fsp3) is 0.455. The molecule has 4 fully saturated rings. The number of nitrogens with zero attached hydrogens (tertiary/aromatic N) is 2. The smallest absolute Gasteiger partial charge is 0.348 e. The number of pyridine rings is 2. The summed E-state index contributed by atoms with van der Waals surface area (Å²) >= 11 is 0. The Kier molecular flexibility index (Phi) is 14.1. The highest BCUT2D eigenvalue weighted by molar-refractivity contribution is 7.90. The van der Waals surface area contributed by atoms with Crippen molar-refractivity contribution in [1.29, 1.82) is 0 Å². The van der Waals surface area contributed by atoms with Crippen LogP contribution in [-0.4, -0.2) is 55.0 Å². The molecular weight excluding hydrogens is 831 g/mol. The van der Waals surface area contributed by atoms with E-state index in [0.717, 1.165) is 59.5 Å². The van der Waals surface area contributed by atoms with Gasteiger partial charge in [0.1, 0.15) is 11.5 Å². The van der Waals surface area contributed by atoms with Crippen LogP contribution in [0.2, 0.25) is 0 Å². The van der Waals surface area contributed by atoms with Gasteiger partial charge in [0, 0.05) is 25.7 Å². The van der Waals surface area contributed by atoms with Crippen LogP contribution in [0.4, 0.5) is 8.78 Å². The number of nitrogens with two attached hydrogens (primary N) is 1. The molecule has 2 aromatic carbocycles. The van der Waals surface area contributed by atoms with Crippen molar-refractivity contribution in [3.63, 3.8) is 0 Å². The van der Waals surface area contributed by atoms with E-state index in [1.165, 1.54) is 69.1 Å². The molecule has 2 heterocycles. The first-order chi connectivity index (χ1) is 28.9. The van der Waals surface area contributed by atoms with Crippen molar-refractivity contribution in [3.8, 4) is 11.5 Å². The highest BCUT2D eigenvalue weighted by Gasteiger charge is 2.55. The zero-order chi connectivity index (χ0) is 44.0. The van der Waals surface area contributed by atoms with Crippen LogP contribution in [0.3, 0.4) is 0 Å². The number of aliphatic carboxylic acids is 1. The van der Waals surface area contributed by atoms with Gasteiger partial charge in [0.25, 0.3) is 26.0 Å². The van der Waals surface area contributed by atoms with E-state index in [9.17, 15) is 40.3 Å². The minimum atomic E-state index is -4.29. The SMILES string of the molecule is Cc1ccc(C2CCCCC2)c(OC2(C(=O)NS(=O)(=O)c3cccc(F)n3)CC2)c1.Cc1ccc(C2CCCCC2)c(OC2(C(=O)O)CC2)c1.NS(=O)(=O)c1cccc(F)n1. The van der Waals surface area contributed by atoms with Gasteiger partial charge in [-0.3, -0.25) is 4.79 Å². The number of carbonyl (C=O) groups excluding carboxylic acids is 1.